The van der Waals surface area contributed by atoms with Crippen molar-refractivity contribution in [1.29, 1.82) is 5.26 Å². The van der Waals surface area contributed by atoms with Crippen molar-refractivity contribution in [2.24, 2.45) is 5.92 Å². The fourth-order valence-electron chi connectivity index (χ4n) is 3.51. The van der Waals surface area contributed by atoms with E-state index in [-0.39, 0.29) is 16.9 Å². The first-order valence-corrected chi connectivity index (χ1v) is 9.68. The Labute approximate surface area is 164 Å². The Balaban J connectivity index is 1.81. The normalized spacial score (nSPS) is 16.6. The van der Waals surface area contributed by atoms with Crippen LogP contribution in [0.4, 0.5) is 5.69 Å². The highest BCUT2D eigenvalue weighted by Crippen LogP contribution is 2.35. The molecule has 7 nitrogen and oxygen atoms in total. The van der Waals surface area contributed by atoms with Gasteiger partial charge in [0.15, 0.2) is 0 Å². The summed E-state index contributed by atoms with van der Waals surface area (Å²) in [5.41, 5.74) is 1.51. The van der Waals surface area contributed by atoms with Gasteiger partial charge in [-0.15, -0.1) is 11.3 Å². The first kappa shape index (κ1) is 18.1. The van der Waals surface area contributed by atoms with E-state index in [1.165, 1.54) is 34.0 Å². The van der Waals surface area contributed by atoms with Crippen LogP contribution in [-0.4, -0.2) is 14.5 Å². The molecule has 2 heterocycles. The molecule has 3 aromatic rings. The number of nitro benzene ring substituents is 1. The largest absolute Gasteiger partial charge is 0.269 e. The highest BCUT2D eigenvalue weighted by molar-refractivity contribution is 7.18. The molecule has 2 aromatic heterocycles. The molecule has 0 unspecified atom stereocenters. The van der Waals surface area contributed by atoms with Gasteiger partial charge in [-0.25, -0.2) is 4.98 Å². The number of rotatable bonds is 3. The maximum Gasteiger partial charge on any atom is 0.269 e. The number of nitriles is 1. The van der Waals surface area contributed by atoms with E-state index < -0.39 is 4.92 Å². The lowest BCUT2D eigenvalue weighted by Gasteiger charge is -2.17. The van der Waals surface area contributed by atoms with Crippen molar-refractivity contribution < 1.29 is 4.92 Å². The van der Waals surface area contributed by atoms with Crippen molar-refractivity contribution in [3.8, 4) is 6.07 Å². The Bertz CT molecular complexity index is 1220. The number of hydrogen-bond donors (Lipinski definition) is 0. The average molecular weight is 392 g/mol. The lowest BCUT2D eigenvalue weighted by molar-refractivity contribution is -0.384. The van der Waals surface area contributed by atoms with E-state index in [1.807, 2.05) is 6.07 Å². The highest BCUT2D eigenvalue weighted by Gasteiger charge is 2.23. The van der Waals surface area contributed by atoms with Crippen LogP contribution in [0.5, 0.6) is 0 Å². The zero-order valence-electron chi connectivity index (χ0n) is 15.1. The summed E-state index contributed by atoms with van der Waals surface area (Å²) in [5, 5.41) is 21.0. The zero-order valence-corrected chi connectivity index (χ0v) is 15.9. The van der Waals surface area contributed by atoms with Crippen molar-refractivity contribution in [2.75, 3.05) is 0 Å². The number of nitrogens with zero attached hydrogens (tertiary/aromatic N) is 4. The molecule has 0 N–H and O–H groups in total. The second-order valence-corrected chi connectivity index (χ2v) is 8.03. The van der Waals surface area contributed by atoms with Gasteiger partial charge in [0.05, 0.1) is 10.3 Å². The van der Waals surface area contributed by atoms with Gasteiger partial charge in [0.2, 0.25) is 0 Å². The summed E-state index contributed by atoms with van der Waals surface area (Å²) < 4.78 is 1.26. The molecule has 0 saturated carbocycles. The Morgan fingerprint density at radius 2 is 2.18 bits per heavy atom. The molecule has 0 spiro atoms. The van der Waals surface area contributed by atoms with Crippen LogP contribution >= 0.6 is 11.3 Å². The van der Waals surface area contributed by atoms with Gasteiger partial charge in [-0.3, -0.25) is 19.5 Å². The number of non-ortho nitro benzene ring substituents is 1. The Morgan fingerprint density at radius 1 is 1.43 bits per heavy atom. The molecule has 1 aromatic carbocycles. The second-order valence-electron chi connectivity index (χ2n) is 6.94. The minimum absolute atomic E-state index is 0.0324. The molecule has 0 amide bonds. The van der Waals surface area contributed by atoms with E-state index in [1.54, 1.807) is 23.5 Å². The third-order valence-electron chi connectivity index (χ3n) is 5.00. The van der Waals surface area contributed by atoms with Crippen LogP contribution in [0.15, 0.2) is 35.4 Å². The van der Waals surface area contributed by atoms with Crippen LogP contribution in [0, 0.1) is 27.4 Å². The molecule has 0 saturated heterocycles. The van der Waals surface area contributed by atoms with Crippen molar-refractivity contribution in [1.82, 2.24) is 9.55 Å². The first-order chi connectivity index (χ1) is 13.5. The quantitative estimate of drug-likeness (QED) is 0.381. The summed E-state index contributed by atoms with van der Waals surface area (Å²) in [6.45, 7) is 2.21. The average Bonchev–Trinajstić information content (AvgIpc) is 3.05. The van der Waals surface area contributed by atoms with Crippen molar-refractivity contribution in [2.45, 2.75) is 26.2 Å². The lowest BCUT2D eigenvalue weighted by atomic mass is 9.89. The number of aryl methyl sites for hydroxylation is 1. The summed E-state index contributed by atoms with van der Waals surface area (Å²) in [4.78, 5) is 29.8. The minimum atomic E-state index is -0.485. The van der Waals surface area contributed by atoms with Gasteiger partial charge in [-0.1, -0.05) is 6.92 Å². The number of aromatic nitrogens is 2. The molecule has 140 valence electrons. The van der Waals surface area contributed by atoms with Crippen LogP contribution in [0.25, 0.3) is 22.0 Å². The molecule has 28 heavy (non-hydrogen) atoms. The van der Waals surface area contributed by atoms with Gasteiger partial charge in [0, 0.05) is 17.0 Å². The standard InChI is InChI=1S/C20H16N4O3S/c1-12-2-7-16-17(8-12)28-19-18(16)20(25)23(11-22-19)15(10-21)9-13-3-5-14(6-4-13)24(26)27/h3-6,9,11-12H,2,7-8H2,1H3/b15-9-/t12-/m1/s1. The molecule has 1 atom stereocenters. The Morgan fingerprint density at radius 3 is 2.86 bits per heavy atom. The molecule has 8 heteroatoms. The third-order valence-corrected chi connectivity index (χ3v) is 6.16. The summed E-state index contributed by atoms with van der Waals surface area (Å²) in [6.07, 6.45) is 5.76. The van der Waals surface area contributed by atoms with E-state index in [0.717, 1.165) is 24.8 Å². The fourth-order valence-corrected chi connectivity index (χ4v) is 4.85. The smallest absolute Gasteiger partial charge is 0.268 e. The molecular weight excluding hydrogens is 376 g/mol. The molecular formula is C20H16N4O3S. The number of fused-ring (bicyclic) bond motifs is 3. The second kappa shape index (κ2) is 7.02. The number of thiophene rings is 1. The Hall–Kier alpha value is -3.31. The van der Waals surface area contributed by atoms with Gasteiger partial charge in [-0.05, 0) is 54.5 Å². The molecule has 0 bridgehead atoms. The van der Waals surface area contributed by atoms with E-state index in [9.17, 15) is 20.2 Å². The monoisotopic (exact) mass is 392 g/mol. The maximum atomic E-state index is 13.1. The van der Waals surface area contributed by atoms with Gasteiger partial charge >= 0.3 is 0 Å². The van der Waals surface area contributed by atoms with Crippen LogP contribution in [0.1, 0.15) is 29.3 Å². The zero-order chi connectivity index (χ0) is 19.8. The van der Waals surface area contributed by atoms with Gasteiger partial charge in [0.25, 0.3) is 11.2 Å². The maximum absolute atomic E-state index is 13.1. The summed E-state index contributed by atoms with van der Waals surface area (Å²) in [7, 11) is 0. The van der Waals surface area contributed by atoms with Crippen molar-refractivity contribution >= 4 is 39.0 Å². The van der Waals surface area contributed by atoms with Crippen LogP contribution in [-0.2, 0) is 12.8 Å². The predicted molar refractivity (Wildman–Crippen MR) is 108 cm³/mol. The molecule has 1 aliphatic rings. The molecule has 0 radical (unpaired) electrons. The fraction of sp³-hybridized carbons (Fsp3) is 0.250. The third kappa shape index (κ3) is 3.10. The van der Waals surface area contributed by atoms with E-state index >= 15 is 0 Å². The molecule has 1 aliphatic carbocycles. The molecule has 0 fully saturated rings. The number of hydrogen-bond acceptors (Lipinski definition) is 6. The topological polar surface area (TPSA) is 102 Å². The SMILES string of the molecule is C[C@@H]1CCc2c(sc3ncn(/C(C#N)=C\c4ccc([N+](=O)[O-])cc4)c(=O)c23)C1. The van der Waals surface area contributed by atoms with Gasteiger partial charge in [0.1, 0.15) is 22.9 Å². The van der Waals surface area contributed by atoms with Gasteiger partial charge in [-0.2, -0.15) is 5.26 Å². The summed E-state index contributed by atoms with van der Waals surface area (Å²) in [5.74, 6) is 0.597. The van der Waals surface area contributed by atoms with E-state index in [2.05, 4.69) is 11.9 Å². The predicted octanol–water partition coefficient (Wildman–Crippen LogP) is 4.01. The summed E-state index contributed by atoms with van der Waals surface area (Å²) >= 11 is 1.56. The van der Waals surface area contributed by atoms with Crippen LogP contribution in [0.2, 0.25) is 0 Å². The number of benzene rings is 1. The first-order valence-electron chi connectivity index (χ1n) is 8.86. The minimum Gasteiger partial charge on any atom is -0.268 e. The molecule has 4 rings (SSSR count). The van der Waals surface area contributed by atoms with E-state index in [0.29, 0.717) is 21.7 Å². The Kier molecular flexibility index (Phi) is 4.53. The van der Waals surface area contributed by atoms with Crippen LogP contribution in [0.3, 0.4) is 0 Å². The highest BCUT2D eigenvalue weighted by atomic mass is 32.1. The van der Waals surface area contributed by atoms with E-state index in [4.69, 9.17) is 0 Å². The lowest BCUT2D eigenvalue weighted by Crippen LogP contribution is -2.20. The summed E-state index contributed by atoms with van der Waals surface area (Å²) in [6, 6.07) is 7.85. The van der Waals surface area contributed by atoms with Crippen molar-refractivity contribution in [3.05, 3.63) is 67.1 Å². The van der Waals surface area contributed by atoms with Gasteiger partial charge < -0.3 is 0 Å². The van der Waals surface area contributed by atoms with Crippen LogP contribution < -0.4 is 5.56 Å². The number of nitro groups is 1. The van der Waals surface area contributed by atoms with Crippen molar-refractivity contribution in [3.63, 3.8) is 0 Å². The molecule has 0 aliphatic heterocycles. The number of allylic oxidation sites excluding steroid dienone is 1.